The molecule has 0 amide bonds. The average molecular weight is 189 g/mol. The fraction of sp³-hybridized carbons (Fsp3) is 0.417. The van der Waals surface area contributed by atoms with Crippen LogP contribution < -0.4 is 4.90 Å². The molecule has 2 nitrogen and oxygen atoms in total. The summed E-state index contributed by atoms with van der Waals surface area (Å²) < 4.78 is 0. The lowest BCUT2D eigenvalue weighted by Crippen LogP contribution is -2.27. The van der Waals surface area contributed by atoms with Crippen LogP contribution >= 0.6 is 0 Å². The lowest BCUT2D eigenvalue weighted by atomic mass is 9.90. The molecule has 1 atom stereocenters. The van der Waals surface area contributed by atoms with Crippen molar-refractivity contribution in [1.82, 2.24) is 0 Å². The fourth-order valence-corrected chi connectivity index (χ4v) is 2.05. The topological polar surface area (TPSA) is 20.3 Å². The van der Waals surface area contributed by atoms with Crippen molar-refractivity contribution in [1.29, 1.82) is 0 Å². The summed E-state index contributed by atoms with van der Waals surface area (Å²) in [5.74, 6) is 0.0989. The van der Waals surface area contributed by atoms with Gasteiger partial charge in [-0.25, -0.2) is 0 Å². The van der Waals surface area contributed by atoms with Crippen LogP contribution in [0.1, 0.15) is 23.5 Å². The maximum atomic E-state index is 10.9. The Kier molecular flexibility index (Phi) is 2.28. The minimum atomic E-state index is 0.0989. The van der Waals surface area contributed by atoms with Crippen LogP contribution in [0.25, 0.3) is 0 Å². The van der Waals surface area contributed by atoms with Crippen LogP contribution in [0.5, 0.6) is 0 Å². The number of benzene rings is 1. The molecule has 1 heterocycles. The first-order chi connectivity index (χ1) is 6.72. The third-order valence-corrected chi connectivity index (χ3v) is 2.94. The van der Waals surface area contributed by atoms with Crippen molar-refractivity contribution in [2.45, 2.75) is 19.3 Å². The molecule has 0 saturated heterocycles. The van der Waals surface area contributed by atoms with Crippen molar-refractivity contribution >= 4 is 12.0 Å². The zero-order chi connectivity index (χ0) is 10.1. The van der Waals surface area contributed by atoms with Gasteiger partial charge < -0.3 is 9.69 Å². The molecule has 2 rings (SSSR count). The molecule has 0 radical (unpaired) electrons. The summed E-state index contributed by atoms with van der Waals surface area (Å²) >= 11 is 0. The Morgan fingerprint density at radius 1 is 1.50 bits per heavy atom. The third kappa shape index (κ3) is 1.41. The summed E-state index contributed by atoms with van der Waals surface area (Å²) in [5, 5.41) is 0. The van der Waals surface area contributed by atoms with Crippen LogP contribution in [0, 0.1) is 6.92 Å². The molecule has 1 aromatic carbocycles. The van der Waals surface area contributed by atoms with Gasteiger partial charge in [0.05, 0.1) is 0 Å². The Morgan fingerprint density at radius 2 is 2.29 bits per heavy atom. The Hall–Kier alpha value is -1.31. The van der Waals surface area contributed by atoms with E-state index in [-0.39, 0.29) is 5.92 Å². The molecule has 14 heavy (non-hydrogen) atoms. The summed E-state index contributed by atoms with van der Waals surface area (Å²) in [4.78, 5) is 13.1. The highest BCUT2D eigenvalue weighted by Crippen LogP contribution is 2.33. The summed E-state index contributed by atoms with van der Waals surface area (Å²) in [6.45, 7) is 3.05. The van der Waals surface area contributed by atoms with Gasteiger partial charge in [0.2, 0.25) is 0 Å². The van der Waals surface area contributed by atoms with Crippen molar-refractivity contribution in [3.8, 4) is 0 Å². The van der Waals surface area contributed by atoms with Gasteiger partial charge in [0.1, 0.15) is 6.29 Å². The Morgan fingerprint density at radius 3 is 3.00 bits per heavy atom. The van der Waals surface area contributed by atoms with E-state index in [1.165, 1.54) is 16.8 Å². The van der Waals surface area contributed by atoms with Gasteiger partial charge in [-0.2, -0.15) is 0 Å². The number of hydrogen-bond acceptors (Lipinski definition) is 2. The van der Waals surface area contributed by atoms with Gasteiger partial charge in [0.15, 0.2) is 0 Å². The smallest absolute Gasteiger partial charge is 0.127 e. The first-order valence-corrected chi connectivity index (χ1v) is 4.99. The number of rotatable bonds is 1. The number of anilines is 1. The molecule has 1 unspecified atom stereocenters. The number of aldehydes is 1. The summed E-state index contributed by atoms with van der Waals surface area (Å²) in [7, 11) is 2.08. The molecular weight excluding hydrogens is 174 g/mol. The monoisotopic (exact) mass is 189 g/mol. The summed E-state index contributed by atoms with van der Waals surface area (Å²) in [6.07, 6.45) is 2.01. The number of hydrogen-bond donors (Lipinski definition) is 0. The lowest BCUT2D eigenvalue weighted by molar-refractivity contribution is -0.109. The van der Waals surface area contributed by atoms with Crippen LogP contribution in [-0.2, 0) is 4.79 Å². The Balaban J connectivity index is 2.50. The maximum absolute atomic E-state index is 10.9. The second-order valence-electron chi connectivity index (χ2n) is 4.02. The number of aryl methyl sites for hydroxylation is 1. The Bertz CT molecular complexity index is 359. The van der Waals surface area contributed by atoms with Crippen LogP contribution in [0.4, 0.5) is 5.69 Å². The van der Waals surface area contributed by atoms with E-state index < -0.39 is 0 Å². The highest BCUT2D eigenvalue weighted by molar-refractivity contribution is 5.71. The molecule has 1 aliphatic rings. The number of fused-ring (bicyclic) bond motifs is 1. The molecule has 0 spiro atoms. The molecule has 0 N–H and O–H groups in total. The molecule has 2 heteroatoms. The standard InChI is InChI=1S/C12H15NO/c1-9-3-4-11-10(8-14)5-6-13(2)12(11)7-9/h3-4,7-8,10H,5-6H2,1-2H3. The third-order valence-electron chi connectivity index (χ3n) is 2.94. The van der Waals surface area contributed by atoms with Crippen LogP contribution in [0.15, 0.2) is 18.2 Å². The van der Waals surface area contributed by atoms with E-state index in [9.17, 15) is 4.79 Å². The van der Waals surface area contributed by atoms with Gasteiger partial charge >= 0.3 is 0 Å². The van der Waals surface area contributed by atoms with E-state index in [0.29, 0.717) is 0 Å². The van der Waals surface area contributed by atoms with E-state index in [1.54, 1.807) is 0 Å². The molecule has 1 aromatic rings. The van der Waals surface area contributed by atoms with E-state index in [2.05, 4.69) is 37.1 Å². The molecule has 0 bridgehead atoms. The maximum Gasteiger partial charge on any atom is 0.127 e. The molecular formula is C12H15NO. The van der Waals surface area contributed by atoms with Crippen molar-refractivity contribution in [3.63, 3.8) is 0 Å². The van der Waals surface area contributed by atoms with E-state index in [1.807, 2.05) is 0 Å². The van der Waals surface area contributed by atoms with Crippen molar-refractivity contribution in [2.75, 3.05) is 18.5 Å². The highest BCUT2D eigenvalue weighted by Gasteiger charge is 2.22. The number of carbonyl (C=O) groups is 1. The lowest BCUT2D eigenvalue weighted by Gasteiger charge is -2.31. The van der Waals surface area contributed by atoms with Gasteiger partial charge in [-0.3, -0.25) is 0 Å². The predicted octanol–water partition coefficient (Wildman–Crippen LogP) is 2.12. The highest BCUT2D eigenvalue weighted by atomic mass is 16.1. The SMILES string of the molecule is Cc1ccc2c(c1)N(C)CCC2C=O. The quantitative estimate of drug-likeness (QED) is 0.631. The number of carbonyl (C=O) groups excluding carboxylic acids is 1. The average Bonchev–Trinajstić information content (AvgIpc) is 2.19. The van der Waals surface area contributed by atoms with Crippen LogP contribution in [0.3, 0.4) is 0 Å². The van der Waals surface area contributed by atoms with Gasteiger partial charge in [-0.15, -0.1) is 0 Å². The predicted molar refractivity (Wildman–Crippen MR) is 57.9 cm³/mol. The summed E-state index contributed by atoms with van der Waals surface area (Å²) in [6, 6.07) is 6.32. The first-order valence-electron chi connectivity index (χ1n) is 4.99. The van der Waals surface area contributed by atoms with Gasteiger partial charge in [0.25, 0.3) is 0 Å². The zero-order valence-corrected chi connectivity index (χ0v) is 8.66. The minimum absolute atomic E-state index is 0.0989. The zero-order valence-electron chi connectivity index (χ0n) is 8.66. The van der Waals surface area contributed by atoms with E-state index >= 15 is 0 Å². The molecule has 0 aliphatic carbocycles. The largest absolute Gasteiger partial charge is 0.374 e. The van der Waals surface area contributed by atoms with E-state index in [4.69, 9.17) is 0 Å². The van der Waals surface area contributed by atoms with Gasteiger partial charge in [-0.05, 0) is 30.5 Å². The molecule has 0 fully saturated rings. The van der Waals surface area contributed by atoms with Crippen LogP contribution in [0.2, 0.25) is 0 Å². The van der Waals surface area contributed by atoms with Crippen molar-refractivity contribution in [3.05, 3.63) is 29.3 Å². The van der Waals surface area contributed by atoms with Crippen LogP contribution in [-0.4, -0.2) is 19.9 Å². The molecule has 0 saturated carbocycles. The van der Waals surface area contributed by atoms with E-state index in [0.717, 1.165) is 19.3 Å². The second kappa shape index (κ2) is 3.45. The second-order valence-corrected chi connectivity index (χ2v) is 4.02. The number of nitrogens with zero attached hydrogens (tertiary/aromatic N) is 1. The minimum Gasteiger partial charge on any atom is -0.374 e. The first kappa shape index (κ1) is 9.25. The molecule has 1 aliphatic heterocycles. The summed E-state index contributed by atoms with van der Waals surface area (Å²) in [5.41, 5.74) is 3.65. The molecule has 74 valence electrons. The molecule has 0 aromatic heterocycles. The Labute approximate surface area is 84.5 Å². The van der Waals surface area contributed by atoms with Crippen molar-refractivity contribution < 1.29 is 4.79 Å². The van der Waals surface area contributed by atoms with Gasteiger partial charge in [0, 0.05) is 25.2 Å². The fourth-order valence-electron chi connectivity index (χ4n) is 2.05. The van der Waals surface area contributed by atoms with Gasteiger partial charge in [-0.1, -0.05) is 12.1 Å². The normalized spacial score (nSPS) is 20.4. The van der Waals surface area contributed by atoms with Crippen molar-refractivity contribution in [2.24, 2.45) is 0 Å².